The Morgan fingerprint density at radius 1 is 1.15 bits per heavy atom. The first kappa shape index (κ1) is 18.2. The third-order valence-corrected chi connectivity index (χ3v) is 4.17. The van der Waals surface area contributed by atoms with Crippen LogP contribution in [0.2, 0.25) is 0 Å². The van der Waals surface area contributed by atoms with Crippen LogP contribution < -0.4 is 16.4 Å². The summed E-state index contributed by atoms with van der Waals surface area (Å²) in [5.74, 6) is -0.531. The molecule has 0 aliphatic carbocycles. The normalized spacial score (nSPS) is 10.4. The number of nitrogens with zero attached hydrogens (tertiary/aromatic N) is 2. The smallest absolute Gasteiger partial charge is 0.319 e. The largest absolute Gasteiger partial charge is 0.366 e. The van der Waals surface area contributed by atoms with E-state index in [1.807, 2.05) is 43.5 Å². The molecule has 0 unspecified atom stereocenters. The van der Waals surface area contributed by atoms with E-state index in [1.54, 1.807) is 29.1 Å². The van der Waals surface area contributed by atoms with Crippen LogP contribution in [0.4, 0.5) is 10.5 Å². The Morgan fingerprint density at radius 2 is 1.93 bits per heavy atom. The molecule has 138 valence electrons. The van der Waals surface area contributed by atoms with E-state index in [9.17, 15) is 9.59 Å². The zero-order chi connectivity index (χ0) is 19.2. The predicted octanol–water partition coefficient (Wildman–Crippen LogP) is 2.64. The number of hydrogen-bond acceptors (Lipinski definition) is 3. The van der Waals surface area contributed by atoms with Crippen molar-refractivity contribution in [3.8, 4) is 5.69 Å². The number of nitrogens with one attached hydrogen (secondary N) is 2. The summed E-state index contributed by atoms with van der Waals surface area (Å²) >= 11 is 0. The number of urea groups is 1. The first-order valence-corrected chi connectivity index (χ1v) is 8.57. The molecule has 0 fully saturated rings. The van der Waals surface area contributed by atoms with Gasteiger partial charge in [0.2, 0.25) is 5.91 Å². The number of aryl methyl sites for hydroxylation is 1. The number of aromatic nitrogens is 2. The van der Waals surface area contributed by atoms with Gasteiger partial charge < -0.3 is 16.4 Å². The zero-order valence-corrected chi connectivity index (χ0v) is 15.0. The van der Waals surface area contributed by atoms with Gasteiger partial charge in [-0.15, -0.1) is 0 Å². The van der Waals surface area contributed by atoms with Crippen LogP contribution in [0.25, 0.3) is 5.69 Å². The number of anilines is 1. The number of benzene rings is 2. The Labute approximate surface area is 157 Å². The summed E-state index contributed by atoms with van der Waals surface area (Å²) in [5.41, 5.74) is 9.14. The summed E-state index contributed by atoms with van der Waals surface area (Å²) in [6.45, 7) is 2.34. The monoisotopic (exact) mass is 363 g/mol. The van der Waals surface area contributed by atoms with Crippen molar-refractivity contribution < 1.29 is 9.59 Å². The fraction of sp³-hybridized carbons (Fsp3) is 0.150. The van der Waals surface area contributed by atoms with Crippen LogP contribution in [0.1, 0.15) is 21.5 Å². The summed E-state index contributed by atoms with van der Waals surface area (Å²) in [4.78, 5) is 23.4. The average molecular weight is 363 g/mol. The van der Waals surface area contributed by atoms with Crippen LogP contribution in [-0.4, -0.2) is 28.3 Å². The maximum absolute atomic E-state index is 12.1. The molecule has 0 bridgehead atoms. The van der Waals surface area contributed by atoms with E-state index >= 15 is 0 Å². The first-order chi connectivity index (χ1) is 13.0. The summed E-state index contributed by atoms with van der Waals surface area (Å²) in [6.07, 6.45) is 4.32. The van der Waals surface area contributed by atoms with Gasteiger partial charge in [-0.2, -0.15) is 5.10 Å². The molecule has 1 aromatic heterocycles. The summed E-state index contributed by atoms with van der Waals surface area (Å²) in [6, 6.07) is 14.5. The van der Waals surface area contributed by atoms with E-state index < -0.39 is 5.91 Å². The van der Waals surface area contributed by atoms with Gasteiger partial charge in [0.1, 0.15) is 0 Å². The highest BCUT2D eigenvalue weighted by atomic mass is 16.2. The Bertz CT molecular complexity index is 934. The van der Waals surface area contributed by atoms with Crippen LogP contribution >= 0.6 is 0 Å². The van der Waals surface area contributed by atoms with Crippen molar-refractivity contribution in [3.63, 3.8) is 0 Å². The van der Waals surface area contributed by atoms with E-state index in [2.05, 4.69) is 15.7 Å². The Morgan fingerprint density at radius 3 is 2.59 bits per heavy atom. The van der Waals surface area contributed by atoms with E-state index in [0.29, 0.717) is 24.2 Å². The molecule has 0 saturated carbocycles. The Hall–Kier alpha value is -3.61. The van der Waals surface area contributed by atoms with Gasteiger partial charge in [0.15, 0.2) is 0 Å². The van der Waals surface area contributed by atoms with Crippen molar-refractivity contribution in [1.82, 2.24) is 15.1 Å². The molecule has 0 aliphatic heterocycles. The van der Waals surface area contributed by atoms with Crippen molar-refractivity contribution in [1.29, 1.82) is 0 Å². The zero-order valence-electron chi connectivity index (χ0n) is 15.0. The lowest BCUT2D eigenvalue weighted by Crippen LogP contribution is -2.30. The second-order valence-corrected chi connectivity index (χ2v) is 6.14. The molecule has 1 heterocycles. The van der Waals surface area contributed by atoms with Crippen molar-refractivity contribution in [2.75, 3.05) is 11.9 Å². The number of amides is 3. The molecule has 0 atom stereocenters. The Balaban J connectivity index is 1.51. The summed E-state index contributed by atoms with van der Waals surface area (Å²) in [5, 5.41) is 9.75. The number of rotatable bonds is 6. The lowest BCUT2D eigenvalue weighted by atomic mass is 10.1. The molecule has 3 rings (SSSR count). The van der Waals surface area contributed by atoms with E-state index in [-0.39, 0.29) is 6.03 Å². The minimum atomic E-state index is -0.531. The number of nitrogens with two attached hydrogens (primary N) is 1. The van der Waals surface area contributed by atoms with Gasteiger partial charge in [0, 0.05) is 30.2 Å². The fourth-order valence-corrected chi connectivity index (χ4v) is 2.63. The molecule has 4 N–H and O–H groups in total. The molecular weight excluding hydrogens is 342 g/mol. The molecule has 0 radical (unpaired) electrons. The predicted molar refractivity (Wildman–Crippen MR) is 104 cm³/mol. The maximum atomic E-state index is 12.1. The second kappa shape index (κ2) is 8.18. The standard InChI is InChI=1S/C20H21N5O2/c1-14-3-6-16(19(21)26)13-18(14)24-20(27)22-11-9-15-4-7-17(8-5-15)25-12-2-10-23-25/h2-8,10,12-13H,9,11H2,1H3,(H2,21,26)(H2,22,24,27). The summed E-state index contributed by atoms with van der Waals surface area (Å²) < 4.78 is 1.79. The third-order valence-electron chi connectivity index (χ3n) is 4.17. The Kier molecular flexibility index (Phi) is 5.51. The quantitative estimate of drug-likeness (QED) is 0.627. The molecule has 2 aromatic carbocycles. The van der Waals surface area contributed by atoms with E-state index in [4.69, 9.17) is 5.73 Å². The number of carbonyl (C=O) groups excluding carboxylic acids is 2. The van der Waals surface area contributed by atoms with Gasteiger partial charge >= 0.3 is 6.03 Å². The van der Waals surface area contributed by atoms with Crippen LogP contribution in [0.5, 0.6) is 0 Å². The number of primary amides is 1. The molecule has 0 saturated heterocycles. The van der Waals surface area contributed by atoms with Gasteiger partial charge in [-0.05, 0) is 54.8 Å². The highest BCUT2D eigenvalue weighted by Crippen LogP contribution is 2.16. The maximum Gasteiger partial charge on any atom is 0.319 e. The minimum absolute atomic E-state index is 0.326. The molecule has 3 aromatic rings. The highest BCUT2D eigenvalue weighted by molar-refractivity contribution is 5.96. The molecule has 7 heteroatoms. The molecule has 27 heavy (non-hydrogen) atoms. The lowest BCUT2D eigenvalue weighted by molar-refractivity contribution is 0.1000. The van der Waals surface area contributed by atoms with Gasteiger partial charge in [-0.1, -0.05) is 18.2 Å². The second-order valence-electron chi connectivity index (χ2n) is 6.14. The third kappa shape index (κ3) is 4.72. The van der Waals surface area contributed by atoms with E-state index in [0.717, 1.165) is 16.8 Å². The SMILES string of the molecule is Cc1ccc(C(N)=O)cc1NC(=O)NCCc1ccc(-n2cccn2)cc1. The molecule has 3 amide bonds. The van der Waals surface area contributed by atoms with Crippen LogP contribution in [0.15, 0.2) is 60.9 Å². The van der Waals surface area contributed by atoms with Gasteiger partial charge in [0.05, 0.1) is 5.69 Å². The first-order valence-electron chi connectivity index (χ1n) is 8.57. The van der Waals surface area contributed by atoms with Gasteiger partial charge in [-0.3, -0.25) is 4.79 Å². The van der Waals surface area contributed by atoms with Crippen molar-refractivity contribution in [2.24, 2.45) is 5.73 Å². The van der Waals surface area contributed by atoms with Gasteiger partial charge in [0.25, 0.3) is 0 Å². The fourth-order valence-electron chi connectivity index (χ4n) is 2.63. The molecule has 0 spiro atoms. The van der Waals surface area contributed by atoms with Crippen molar-refractivity contribution >= 4 is 17.6 Å². The topological polar surface area (TPSA) is 102 Å². The molecule has 0 aliphatic rings. The molecule has 7 nitrogen and oxygen atoms in total. The van der Waals surface area contributed by atoms with E-state index in [1.165, 1.54) is 0 Å². The number of hydrogen-bond donors (Lipinski definition) is 3. The van der Waals surface area contributed by atoms with Crippen molar-refractivity contribution in [3.05, 3.63) is 77.6 Å². The van der Waals surface area contributed by atoms with Crippen molar-refractivity contribution in [2.45, 2.75) is 13.3 Å². The van der Waals surface area contributed by atoms with Crippen LogP contribution in [0.3, 0.4) is 0 Å². The van der Waals surface area contributed by atoms with Crippen LogP contribution in [0, 0.1) is 6.92 Å². The number of carbonyl (C=O) groups is 2. The molecular formula is C20H21N5O2. The minimum Gasteiger partial charge on any atom is -0.366 e. The van der Waals surface area contributed by atoms with Gasteiger partial charge in [-0.25, -0.2) is 9.48 Å². The average Bonchev–Trinajstić information content (AvgIpc) is 3.18. The van der Waals surface area contributed by atoms with Crippen LogP contribution in [-0.2, 0) is 6.42 Å². The lowest BCUT2D eigenvalue weighted by Gasteiger charge is -2.11. The highest BCUT2D eigenvalue weighted by Gasteiger charge is 2.08. The summed E-state index contributed by atoms with van der Waals surface area (Å²) in [7, 11) is 0.